The molecule has 0 aliphatic carbocycles. The van der Waals surface area contributed by atoms with Crippen LogP contribution in [0.4, 0.5) is 0 Å². The lowest BCUT2D eigenvalue weighted by Crippen LogP contribution is -2.22. The molecule has 0 saturated heterocycles. The third-order valence-electron chi connectivity index (χ3n) is 2.90. The zero-order valence-electron chi connectivity index (χ0n) is 12.1. The number of furan rings is 1. The molecule has 0 unspecified atom stereocenters. The first-order valence-electron chi connectivity index (χ1n) is 6.30. The second-order valence-corrected chi connectivity index (χ2v) is 5.73. The largest absolute Gasteiger partial charge is 0.466 e. The van der Waals surface area contributed by atoms with Crippen molar-refractivity contribution in [3.63, 3.8) is 0 Å². The zero-order valence-corrected chi connectivity index (χ0v) is 12.9. The third kappa shape index (κ3) is 3.26. The fourth-order valence-electron chi connectivity index (χ4n) is 1.95. The first kappa shape index (κ1) is 14.7. The lowest BCUT2D eigenvalue weighted by Gasteiger charge is -2.02. The molecule has 5 nitrogen and oxygen atoms in total. The van der Waals surface area contributed by atoms with Gasteiger partial charge in [-0.25, -0.2) is 4.98 Å². The first-order valence-corrected chi connectivity index (χ1v) is 7.12. The summed E-state index contributed by atoms with van der Waals surface area (Å²) in [5.41, 5.74) is 1.52. The predicted octanol–water partition coefficient (Wildman–Crippen LogP) is 2.74. The summed E-state index contributed by atoms with van der Waals surface area (Å²) in [5, 5.41) is 3.82. The molecule has 0 atom stereocenters. The Morgan fingerprint density at radius 2 is 2.20 bits per heavy atom. The average molecular weight is 294 g/mol. The zero-order chi connectivity index (χ0) is 14.7. The quantitative estimate of drug-likeness (QED) is 0.921. The Balaban J connectivity index is 2.01. The van der Waals surface area contributed by atoms with Gasteiger partial charge in [0.15, 0.2) is 0 Å². The minimum Gasteiger partial charge on any atom is -0.466 e. The van der Waals surface area contributed by atoms with E-state index in [1.54, 1.807) is 31.4 Å². The molecule has 0 radical (unpaired) electrons. The van der Waals surface area contributed by atoms with Gasteiger partial charge in [0, 0.05) is 12.0 Å². The molecule has 20 heavy (non-hydrogen) atoms. The molecule has 2 rings (SSSR count). The number of hydrogen-bond donors (Lipinski definition) is 1. The molecule has 2 heterocycles. The van der Waals surface area contributed by atoms with E-state index in [4.69, 9.17) is 9.15 Å². The van der Waals surface area contributed by atoms with Crippen molar-refractivity contribution in [3.8, 4) is 0 Å². The molecule has 6 heteroatoms. The summed E-state index contributed by atoms with van der Waals surface area (Å²) in [6.45, 7) is 6.52. The predicted molar refractivity (Wildman–Crippen MR) is 76.9 cm³/mol. The number of nitrogens with zero attached hydrogens (tertiary/aromatic N) is 1. The van der Waals surface area contributed by atoms with Crippen LogP contribution in [0.1, 0.15) is 37.5 Å². The number of ether oxygens (including phenoxy) is 1. The van der Waals surface area contributed by atoms with Crippen molar-refractivity contribution in [1.29, 1.82) is 0 Å². The van der Waals surface area contributed by atoms with E-state index in [2.05, 4.69) is 10.3 Å². The van der Waals surface area contributed by atoms with Crippen molar-refractivity contribution >= 4 is 17.2 Å². The number of carbonyl (C=O) groups is 1. The van der Waals surface area contributed by atoms with E-state index < -0.39 is 0 Å². The first-order chi connectivity index (χ1) is 9.51. The smallest absolute Gasteiger partial charge is 0.255 e. The Kier molecular flexibility index (Phi) is 4.57. The number of nitrogens with one attached hydrogen (secondary N) is 1. The van der Waals surface area contributed by atoms with E-state index in [0.29, 0.717) is 24.5 Å². The number of carbonyl (C=O) groups excluding carboxylic acids is 1. The minimum atomic E-state index is -0.125. The van der Waals surface area contributed by atoms with Crippen LogP contribution in [-0.4, -0.2) is 18.0 Å². The van der Waals surface area contributed by atoms with Gasteiger partial charge >= 0.3 is 0 Å². The molecular weight excluding hydrogens is 276 g/mol. The van der Waals surface area contributed by atoms with Crippen LogP contribution in [0.5, 0.6) is 0 Å². The van der Waals surface area contributed by atoms with Gasteiger partial charge in [-0.1, -0.05) is 0 Å². The second kappa shape index (κ2) is 6.19. The Morgan fingerprint density at radius 1 is 1.45 bits per heavy atom. The van der Waals surface area contributed by atoms with Gasteiger partial charge in [0.25, 0.3) is 5.91 Å². The summed E-state index contributed by atoms with van der Waals surface area (Å²) < 4.78 is 10.4. The fourth-order valence-corrected chi connectivity index (χ4v) is 2.93. The third-order valence-corrected chi connectivity index (χ3v) is 4.03. The van der Waals surface area contributed by atoms with Gasteiger partial charge in [-0.2, -0.15) is 0 Å². The second-order valence-electron chi connectivity index (χ2n) is 4.56. The standard InChI is InChI=1S/C14H18N2O3S/c1-8-5-11(10(3)19-8)14(17)15-6-12-9(2)16-13(20-12)7-18-4/h5H,6-7H2,1-4H3,(H,15,17). The summed E-state index contributed by atoms with van der Waals surface area (Å²) in [7, 11) is 1.64. The number of hydrogen-bond acceptors (Lipinski definition) is 5. The highest BCUT2D eigenvalue weighted by Gasteiger charge is 2.14. The number of aromatic nitrogens is 1. The van der Waals surface area contributed by atoms with Gasteiger partial charge in [-0.3, -0.25) is 4.79 Å². The van der Waals surface area contributed by atoms with E-state index in [1.807, 2.05) is 13.8 Å². The molecule has 2 aromatic heterocycles. The van der Waals surface area contributed by atoms with Crippen LogP contribution in [0.25, 0.3) is 0 Å². The Labute approximate surface area is 122 Å². The van der Waals surface area contributed by atoms with E-state index in [0.717, 1.165) is 21.3 Å². The fraction of sp³-hybridized carbons (Fsp3) is 0.429. The SMILES string of the molecule is COCc1nc(C)c(CNC(=O)c2cc(C)oc2C)s1. The van der Waals surface area contributed by atoms with Crippen molar-refractivity contribution in [2.75, 3.05) is 7.11 Å². The van der Waals surface area contributed by atoms with Gasteiger partial charge < -0.3 is 14.5 Å². The van der Waals surface area contributed by atoms with Crippen LogP contribution in [0, 0.1) is 20.8 Å². The van der Waals surface area contributed by atoms with Gasteiger partial charge in [-0.15, -0.1) is 11.3 Å². The van der Waals surface area contributed by atoms with Gasteiger partial charge in [0.1, 0.15) is 16.5 Å². The van der Waals surface area contributed by atoms with E-state index in [1.165, 1.54) is 0 Å². The lowest BCUT2D eigenvalue weighted by atomic mass is 10.2. The highest BCUT2D eigenvalue weighted by atomic mass is 32.1. The number of rotatable bonds is 5. The van der Waals surface area contributed by atoms with Crippen LogP contribution in [0.15, 0.2) is 10.5 Å². The maximum absolute atomic E-state index is 12.1. The summed E-state index contributed by atoms with van der Waals surface area (Å²) in [6.07, 6.45) is 0. The maximum Gasteiger partial charge on any atom is 0.255 e. The number of thiazole rings is 1. The van der Waals surface area contributed by atoms with Gasteiger partial charge in [-0.05, 0) is 26.8 Å². The molecule has 0 aliphatic rings. The van der Waals surface area contributed by atoms with Crippen LogP contribution < -0.4 is 5.32 Å². The molecule has 0 spiro atoms. The monoisotopic (exact) mass is 294 g/mol. The Morgan fingerprint density at radius 3 is 2.80 bits per heavy atom. The topological polar surface area (TPSA) is 64.4 Å². The van der Waals surface area contributed by atoms with Crippen LogP contribution in [-0.2, 0) is 17.9 Å². The van der Waals surface area contributed by atoms with Crippen LogP contribution >= 0.6 is 11.3 Å². The van der Waals surface area contributed by atoms with Crippen LogP contribution in [0.2, 0.25) is 0 Å². The number of methoxy groups -OCH3 is 1. The molecule has 1 N–H and O–H groups in total. The van der Waals surface area contributed by atoms with E-state index in [9.17, 15) is 4.79 Å². The summed E-state index contributed by atoms with van der Waals surface area (Å²) >= 11 is 1.56. The number of amides is 1. The van der Waals surface area contributed by atoms with Crippen molar-refractivity contribution in [2.24, 2.45) is 0 Å². The Hall–Kier alpha value is -1.66. The van der Waals surface area contributed by atoms with Crippen LogP contribution in [0.3, 0.4) is 0 Å². The summed E-state index contributed by atoms with van der Waals surface area (Å²) in [4.78, 5) is 17.5. The molecule has 2 aromatic rings. The molecular formula is C14H18N2O3S. The molecule has 1 amide bonds. The highest BCUT2D eigenvalue weighted by molar-refractivity contribution is 7.11. The maximum atomic E-state index is 12.1. The van der Waals surface area contributed by atoms with Crippen molar-refractivity contribution in [3.05, 3.63) is 38.7 Å². The average Bonchev–Trinajstić information content (AvgIpc) is 2.90. The molecule has 0 aromatic carbocycles. The Bertz CT molecular complexity index is 616. The van der Waals surface area contributed by atoms with Crippen molar-refractivity contribution in [2.45, 2.75) is 33.9 Å². The van der Waals surface area contributed by atoms with Gasteiger partial charge in [0.2, 0.25) is 0 Å². The number of aryl methyl sites for hydroxylation is 3. The van der Waals surface area contributed by atoms with E-state index in [-0.39, 0.29) is 5.91 Å². The molecule has 0 saturated carbocycles. The lowest BCUT2D eigenvalue weighted by molar-refractivity contribution is 0.0949. The molecule has 0 fully saturated rings. The normalized spacial score (nSPS) is 10.8. The van der Waals surface area contributed by atoms with Crippen molar-refractivity contribution in [1.82, 2.24) is 10.3 Å². The highest BCUT2D eigenvalue weighted by Crippen LogP contribution is 2.19. The van der Waals surface area contributed by atoms with Crippen molar-refractivity contribution < 1.29 is 13.9 Å². The summed E-state index contributed by atoms with van der Waals surface area (Å²) in [5.74, 6) is 1.26. The minimum absolute atomic E-state index is 0.125. The molecule has 108 valence electrons. The van der Waals surface area contributed by atoms with Gasteiger partial charge in [0.05, 0.1) is 24.4 Å². The molecule has 0 bridgehead atoms. The molecule has 0 aliphatic heterocycles. The summed E-state index contributed by atoms with van der Waals surface area (Å²) in [6, 6.07) is 1.75. The van der Waals surface area contributed by atoms with E-state index >= 15 is 0 Å².